The minimum absolute atomic E-state index is 0.00167. The number of hydrogen-bond acceptors (Lipinski definition) is 2. The second-order valence-corrected chi connectivity index (χ2v) is 6.19. The second kappa shape index (κ2) is 8.20. The van der Waals surface area contributed by atoms with Crippen LogP contribution in [0.3, 0.4) is 0 Å². The Hall–Kier alpha value is -1.52. The van der Waals surface area contributed by atoms with Gasteiger partial charge in [-0.15, -0.1) is 0 Å². The Bertz CT molecular complexity index is 661. The van der Waals surface area contributed by atoms with Crippen LogP contribution in [-0.4, -0.2) is 13.0 Å². The Morgan fingerprint density at radius 3 is 2.82 bits per heavy atom. The molecular weight excluding hydrogens is 366 g/mol. The molecule has 0 aliphatic rings. The largest absolute Gasteiger partial charge is 0.497 e. The summed E-state index contributed by atoms with van der Waals surface area (Å²) in [5.41, 5.74) is 1.98. The monoisotopic (exact) mass is 381 g/mol. The first kappa shape index (κ1) is 16.8. The van der Waals surface area contributed by atoms with E-state index in [1.807, 2.05) is 42.5 Å². The zero-order valence-electron chi connectivity index (χ0n) is 12.2. The van der Waals surface area contributed by atoms with Crippen LogP contribution in [0.4, 0.5) is 0 Å². The summed E-state index contributed by atoms with van der Waals surface area (Å²) in [6.45, 7) is 0.434. The molecule has 0 atom stereocenters. The lowest BCUT2D eigenvalue weighted by Crippen LogP contribution is -2.23. The van der Waals surface area contributed by atoms with Crippen LogP contribution in [0.5, 0.6) is 5.75 Å². The van der Waals surface area contributed by atoms with E-state index in [1.165, 1.54) is 0 Å². The van der Waals surface area contributed by atoms with Gasteiger partial charge in [-0.25, -0.2) is 0 Å². The Kier molecular flexibility index (Phi) is 6.28. The first-order valence-corrected chi connectivity index (χ1v) is 8.09. The summed E-state index contributed by atoms with van der Waals surface area (Å²) < 4.78 is 6.09. The van der Waals surface area contributed by atoms with Crippen molar-refractivity contribution in [1.29, 1.82) is 0 Å². The summed E-state index contributed by atoms with van der Waals surface area (Å²) >= 11 is 9.48. The predicted molar refractivity (Wildman–Crippen MR) is 92.3 cm³/mol. The van der Waals surface area contributed by atoms with Gasteiger partial charge in [0.25, 0.3) is 0 Å². The van der Waals surface area contributed by atoms with E-state index in [9.17, 15) is 4.79 Å². The normalized spacial score (nSPS) is 10.3. The first-order valence-electron chi connectivity index (χ1n) is 6.92. The van der Waals surface area contributed by atoms with Crippen LogP contribution in [0.2, 0.25) is 5.02 Å². The summed E-state index contributed by atoms with van der Waals surface area (Å²) in [5, 5.41) is 3.53. The highest BCUT2D eigenvalue weighted by atomic mass is 79.9. The number of carbonyl (C=O) groups excluding carboxylic acids is 1. The molecule has 0 saturated heterocycles. The van der Waals surface area contributed by atoms with Gasteiger partial charge in [0.2, 0.25) is 5.91 Å². The third kappa shape index (κ3) is 5.04. The van der Waals surface area contributed by atoms with E-state index in [1.54, 1.807) is 7.11 Å². The number of hydrogen-bond donors (Lipinski definition) is 1. The molecule has 0 bridgehead atoms. The molecule has 0 fully saturated rings. The SMILES string of the molecule is COc1cccc(CCC(=O)NCc2ccc(Br)cc2Cl)c1. The lowest BCUT2D eigenvalue weighted by molar-refractivity contribution is -0.121. The lowest BCUT2D eigenvalue weighted by Gasteiger charge is -2.08. The minimum Gasteiger partial charge on any atom is -0.497 e. The van der Waals surface area contributed by atoms with Crippen molar-refractivity contribution in [3.63, 3.8) is 0 Å². The van der Waals surface area contributed by atoms with Gasteiger partial charge in [0.15, 0.2) is 0 Å². The minimum atomic E-state index is 0.00167. The van der Waals surface area contributed by atoms with Crippen LogP contribution >= 0.6 is 27.5 Å². The van der Waals surface area contributed by atoms with Gasteiger partial charge in [0.05, 0.1) is 7.11 Å². The third-order valence-electron chi connectivity index (χ3n) is 3.27. The smallest absolute Gasteiger partial charge is 0.220 e. The molecule has 0 aliphatic heterocycles. The predicted octanol–water partition coefficient (Wildman–Crippen LogP) is 4.36. The van der Waals surface area contributed by atoms with E-state index in [2.05, 4.69) is 21.2 Å². The molecule has 2 aromatic carbocycles. The average molecular weight is 383 g/mol. The quantitative estimate of drug-likeness (QED) is 0.806. The zero-order chi connectivity index (χ0) is 15.9. The number of nitrogens with one attached hydrogen (secondary N) is 1. The zero-order valence-corrected chi connectivity index (χ0v) is 14.6. The Morgan fingerprint density at radius 2 is 2.09 bits per heavy atom. The second-order valence-electron chi connectivity index (χ2n) is 4.86. The number of methoxy groups -OCH3 is 1. The maximum absolute atomic E-state index is 11.9. The summed E-state index contributed by atoms with van der Waals surface area (Å²) in [4.78, 5) is 11.9. The Labute approximate surface area is 143 Å². The Morgan fingerprint density at radius 1 is 1.27 bits per heavy atom. The van der Waals surface area contributed by atoms with Crippen molar-refractivity contribution < 1.29 is 9.53 Å². The molecule has 0 spiro atoms. The van der Waals surface area contributed by atoms with Gasteiger partial charge >= 0.3 is 0 Å². The topological polar surface area (TPSA) is 38.3 Å². The molecule has 5 heteroatoms. The highest BCUT2D eigenvalue weighted by molar-refractivity contribution is 9.10. The number of amides is 1. The molecule has 0 aliphatic carbocycles. The van der Waals surface area contributed by atoms with Gasteiger partial charge in [-0.2, -0.15) is 0 Å². The van der Waals surface area contributed by atoms with Gasteiger partial charge in [0, 0.05) is 22.5 Å². The van der Waals surface area contributed by atoms with E-state index in [4.69, 9.17) is 16.3 Å². The van der Waals surface area contributed by atoms with Crippen LogP contribution in [0.1, 0.15) is 17.5 Å². The molecule has 2 aromatic rings. The van der Waals surface area contributed by atoms with E-state index >= 15 is 0 Å². The van der Waals surface area contributed by atoms with Gasteiger partial charge in [0.1, 0.15) is 5.75 Å². The molecule has 0 heterocycles. The molecule has 0 aromatic heterocycles. The number of aryl methyl sites for hydroxylation is 1. The lowest BCUT2D eigenvalue weighted by atomic mass is 10.1. The number of rotatable bonds is 6. The van der Waals surface area contributed by atoms with Gasteiger partial charge in [-0.1, -0.05) is 45.7 Å². The van der Waals surface area contributed by atoms with Crippen molar-refractivity contribution in [2.75, 3.05) is 7.11 Å². The first-order chi connectivity index (χ1) is 10.6. The molecule has 0 saturated carbocycles. The number of benzene rings is 2. The van der Waals surface area contributed by atoms with Crippen LogP contribution < -0.4 is 10.1 Å². The number of carbonyl (C=O) groups is 1. The van der Waals surface area contributed by atoms with Crippen molar-refractivity contribution >= 4 is 33.4 Å². The van der Waals surface area contributed by atoms with Crippen molar-refractivity contribution in [2.45, 2.75) is 19.4 Å². The molecular formula is C17H17BrClNO2. The standard InChI is InChI=1S/C17H17BrClNO2/c1-22-15-4-2-3-12(9-15)5-8-17(21)20-11-13-6-7-14(18)10-16(13)19/h2-4,6-7,9-10H,5,8,11H2,1H3,(H,20,21). The van der Waals surface area contributed by atoms with E-state index in [-0.39, 0.29) is 5.91 Å². The number of halogens is 2. The van der Waals surface area contributed by atoms with Gasteiger partial charge < -0.3 is 10.1 Å². The highest BCUT2D eigenvalue weighted by Crippen LogP contribution is 2.21. The van der Waals surface area contributed by atoms with Crippen molar-refractivity contribution in [3.8, 4) is 5.75 Å². The molecule has 1 amide bonds. The molecule has 0 radical (unpaired) electrons. The van der Waals surface area contributed by atoms with Crippen molar-refractivity contribution in [1.82, 2.24) is 5.32 Å². The van der Waals surface area contributed by atoms with Crippen molar-refractivity contribution in [2.24, 2.45) is 0 Å². The van der Waals surface area contributed by atoms with E-state index < -0.39 is 0 Å². The molecule has 0 unspecified atom stereocenters. The molecule has 2 rings (SSSR count). The maximum Gasteiger partial charge on any atom is 0.220 e. The van der Waals surface area contributed by atoms with Crippen LogP contribution in [0, 0.1) is 0 Å². The van der Waals surface area contributed by atoms with Crippen molar-refractivity contribution in [3.05, 3.63) is 63.1 Å². The van der Waals surface area contributed by atoms with Crippen LogP contribution in [-0.2, 0) is 17.8 Å². The highest BCUT2D eigenvalue weighted by Gasteiger charge is 2.06. The van der Waals surface area contributed by atoms with Crippen LogP contribution in [0.15, 0.2) is 46.9 Å². The molecule has 22 heavy (non-hydrogen) atoms. The molecule has 116 valence electrons. The van der Waals surface area contributed by atoms with E-state index in [0.717, 1.165) is 21.3 Å². The fourth-order valence-electron chi connectivity index (χ4n) is 2.03. The van der Waals surface area contributed by atoms with E-state index in [0.29, 0.717) is 24.4 Å². The Balaban J connectivity index is 1.82. The fraction of sp³-hybridized carbons (Fsp3) is 0.235. The molecule has 3 nitrogen and oxygen atoms in total. The third-order valence-corrected chi connectivity index (χ3v) is 4.11. The summed E-state index contributed by atoms with van der Waals surface area (Å²) in [6, 6.07) is 13.4. The maximum atomic E-state index is 11.9. The number of ether oxygens (including phenoxy) is 1. The molecule has 1 N–H and O–H groups in total. The van der Waals surface area contributed by atoms with Crippen LogP contribution in [0.25, 0.3) is 0 Å². The van der Waals surface area contributed by atoms with Gasteiger partial charge in [-0.05, 0) is 41.8 Å². The average Bonchev–Trinajstić information content (AvgIpc) is 2.52. The summed E-state index contributed by atoms with van der Waals surface area (Å²) in [5.74, 6) is 0.807. The summed E-state index contributed by atoms with van der Waals surface area (Å²) in [6.07, 6.45) is 1.11. The fourth-order valence-corrected chi connectivity index (χ4v) is 2.77. The van der Waals surface area contributed by atoms with Gasteiger partial charge in [-0.3, -0.25) is 4.79 Å². The summed E-state index contributed by atoms with van der Waals surface area (Å²) in [7, 11) is 1.63.